The molecule has 0 unspecified atom stereocenters. The molecule has 1 saturated carbocycles. The number of carbonyl (C=O) groups is 1. The summed E-state index contributed by atoms with van der Waals surface area (Å²) in [6.07, 6.45) is 6.72. The second kappa shape index (κ2) is 9.65. The highest BCUT2D eigenvalue weighted by atomic mass is 32.1. The maximum absolute atomic E-state index is 13.4. The summed E-state index contributed by atoms with van der Waals surface area (Å²) in [5.74, 6) is 0.463. The number of nitrogens with zero attached hydrogens (tertiary/aromatic N) is 3. The lowest BCUT2D eigenvalue weighted by atomic mass is 9.88. The summed E-state index contributed by atoms with van der Waals surface area (Å²) in [5, 5.41) is 0.876. The molecule has 148 valence electrons. The number of thiazole rings is 1. The Labute approximate surface area is 167 Å². The Morgan fingerprint density at radius 2 is 1.85 bits per heavy atom. The molecule has 1 aliphatic carbocycles. The van der Waals surface area contributed by atoms with E-state index in [2.05, 4.69) is 43.9 Å². The molecule has 0 N–H and O–H groups in total. The molecule has 0 saturated heterocycles. The molecule has 1 aromatic heterocycles. The van der Waals surface area contributed by atoms with Crippen molar-refractivity contribution in [2.24, 2.45) is 5.92 Å². The lowest BCUT2D eigenvalue weighted by molar-refractivity contribution is -0.123. The van der Waals surface area contributed by atoms with Crippen LogP contribution in [0.5, 0.6) is 0 Å². The van der Waals surface area contributed by atoms with E-state index in [4.69, 9.17) is 4.98 Å². The van der Waals surface area contributed by atoms with E-state index < -0.39 is 0 Å². The second-order valence-electron chi connectivity index (χ2n) is 7.50. The molecule has 5 heteroatoms. The van der Waals surface area contributed by atoms with Crippen molar-refractivity contribution in [3.05, 3.63) is 23.8 Å². The first kappa shape index (κ1) is 20.3. The van der Waals surface area contributed by atoms with Gasteiger partial charge >= 0.3 is 0 Å². The van der Waals surface area contributed by atoms with Gasteiger partial charge in [0.25, 0.3) is 0 Å². The zero-order chi connectivity index (χ0) is 19.2. The quantitative estimate of drug-likeness (QED) is 0.631. The van der Waals surface area contributed by atoms with Gasteiger partial charge in [-0.25, -0.2) is 4.98 Å². The molecule has 0 radical (unpaired) electrons. The molecule has 0 spiro atoms. The highest BCUT2D eigenvalue weighted by Crippen LogP contribution is 2.33. The number of hydrogen-bond donors (Lipinski definition) is 0. The maximum Gasteiger partial charge on any atom is 0.231 e. The van der Waals surface area contributed by atoms with E-state index in [9.17, 15) is 4.79 Å². The molecule has 1 aliphatic rings. The number of benzene rings is 1. The number of rotatable bonds is 8. The van der Waals surface area contributed by atoms with Crippen molar-refractivity contribution < 1.29 is 4.79 Å². The van der Waals surface area contributed by atoms with Crippen molar-refractivity contribution in [3.63, 3.8) is 0 Å². The normalized spacial score (nSPS) is 15.6. The topological polar surface area (TPSA) is 36.4 Å². The van der Waals surface area contributed by atoms with Crippen LogP contribution >= 0.6 is 11.3 Å². The number of anilines is 1. The van der Waals surface area contributed by atoms with Gasteiger partial charge in [0, 0.05) is 19.0 Å². The lowest BCUT2D eigenvalue weighted by Gasteiger charge is -2.29. The van der Waals surface area contributed by atoms with Crippen molar-refractivity contribution >= 4 is 32.6 Å². The zero-order valence-electron chi connectivity index (χ0n) is 17.0. The molecule has 27 heavy (non-hydrogen) atoms. The van der Waals surface area contributed by atoms with Gasteiger partial charge in [-0.15, -0.1) is 0 Å². The summed E-state index contributed by atoms with van der Waals surface area (Å²) in [5.41, 5.74) is 2.34. The SMILES string of the molecule is CCc1ccc2nc(N(CCN(CC)CC)C(=O)C3CCCCC3)sc2c1. The number of likely N-dealkylation sites (N-methyl/N-ethyl adjacent to an activating group) is 1. The molecular formula is C22H33N3OS. The van der Waals surface area contributed by atoms with Crippen LogP contribution in [0, 0.1) is 5.92 Å². The summed E-state index contributed by atoms with van der Waals surface area (Å²) < 4.78 is 1.19. The highest BCUT2D eigenvalue weighted by molar-refractivity contribution is 7.22. The van der Waals surface area contributed by atoms with Crippen LogP contribution in [0.1, 0.15) is 58.4 Å². The fraction of sp³-hybridized carbons (Fsp3) is 0.636. The van der Waals surface area contributed by atoms with Crippen LogP contribution in [0.25, 0.3) is 10.2 Å². The summed E-state index contributed by atoms with van der Waals surface area (Å²) in [6, 6.07) is 6.47. The van der Waals surface area contributed by atoms with Crippen LogP contribution in [0.15, 0.2) is 18.2 Å². The van der Waals surface area contributed by atoms with Crippen LogP contribution in [-0.2, 0) is 11.2 Å². The van der Waals surface area contributed by atoms with Crippen molar-refractivity contribution in [2.75, 3.05) is 31.1 Å². The molecule has 1 aromatic carbocycles. The van der Waals surface area contributed by atoms with Crippen molar-refractivity contribution in [2.45, 2.75) is 59.3 Å². The molecule has 3 rings (SSSR count). The van der Waals surface area contributed by atoms with Gasteiger partial charge in [0.05, 0.1) is 10.2 Å². The first-order chi connectivity index (χ1) is 13.2. The predicted molar refractivity (Wildman–Crippen MR) is 116 cm³/mol. The Morgan fingerprint density at radius 1 is 1.11 bits per heavy atom. The van der Waals surface area contributed by atoms with Crippen LogP contribution in [0.2, 0.25) is 0 Å². The minimum atomic E-state index is 0.175. The fourth-order valence-electron chi connectivity index (χ4n) is 3.94. The monoisotopic (exact) mass is 387 g/mol. The number of aryl methyl sites for hydroxylation is 1. The van der Waals surface area contributed by atoms with E-state index in [0.29, 0.717) is 0 Å². The van der Waals surface area contributed by atoms with E-state index in [1.807, 2.05) is 4.90 Å². The predicted octanol–water partition coefficient (Wildman–Crippen LogP) is 5.11. The first-order valence-corrected chi connectivity index (χ1v) is 11.4. The summed E-state index contributed by atoms with van der Waals surface area (Å²) >= 11 is 1.67. The Bertz CT molecular complexity index is 747. The third kappa shape index (κ3) is 4.88. The molecule has 0 aliphatic heterocycles. The minimum absolute atomic E-state index is 0.175. The second-order valence-corrected chi connectivity index (χ2v) is 8.51. The van der Waals surface area contributed by atoms with Gasteiger partial charge < -0.3 is 4.90 Å². The average Bonchev–Trinajstić information content (AvgIpc) is 3.14. The van der Waals surface area contributed by atoms with E-state index in [-0.39, 0.29) is 11.8 Å². The molecule has 1 heterocycles. The van der Waals surface area contributed by atoms with Gasteiger partial charge in [0.15, 0.2) is 5.13 Å². The summed E-state index contributed by atoms with van der Waals surface area (Å²) in [4.78, 5) is 22.6. The van der Waals surface area contributed by atoms with E-state index >= 15 is 0 Å². The maximum atomic E-state index is 13.4. The zero-order valence-corrected chi connectivity index (χ0v) is 17.9. The highest BCUT2D eigenvalue weighted by Gasteiger charge is 2.28. The van der Waals surface area contributed by atoms with Crippen LogP contribution in [0.4, 0.5) is 5.13 Å². The van der Waals surface area contributed by atoms with Gasteiger partial charge in [-0.2, -0.15) is 0 Å². The van der Waals surface area contributed by atoms with Crippen molar-refractivity contribution in [1.29, 1.82) is 0 Å². The molecule has 0 bridgehead atoms. The number of fused-ring (bicyclic) bond motifs is 1. The van der Waals surface area contributed by atoms with Crippen LogP contribution in [0.3, 0.4) is 0 Å². The van der Waals surface area contributed by atoms with E-state index in [1.165, 1.54) is 29.5 Å². The molecule has 1 amide bonds. The molecule has 4 nitrogen and oxygen atoms in total. The Balaban J connectivity index is 1.86. The summed E-state index contributed by atoms with van der Waals surface area (Å²) in [6.45, 7) is 10.2. The standard InChI is InChI=1S/C22H33N3OS/c1-4-17-12-13-19-20(16-17)27-22(23-19)25(15-14-24(5-2)6-3)21(26)18-10-8-7-9-11-18/h12-13,16,18H,4-11,14-15H2,1-3H3. The van der Waals surface area contributed by atoms with Crippen molar-refractivity contribution in [3.8, 4) is 0 Å². The minimum Gasteiger partial charge on any atom is -0.302 e. The van der Waals surface area contributed by atoms with Crippen LogP contribution < -0.4 is 4.90 Å². The lowest BCUT2D eigenvalue weighted by Crippen LogP contribution is -2.42. The molecular weight excluding hydrogens is 354 g/mol. The molecule has 1 fully saturated rings. The summed E-state index contributed by atoms with van der Waals surface area (Å²) in [7, 11) is 0. The van der Waals surface area contributed by atoms with Gasteiger partial charge in [-0.05, 0) is 50.0 Å². The Hall–Kier alpha value is -1.46. The number of aromatic nitrogens is 1. The molecule has 0 atom stereocenters. The van der Waals surface area contributed by atoms with Gasteiger partial charge in [0.2, 0.25) is 5.91 Å². The third-order valence-corrected chi connectivity index (χ3v) is 6.88. The fourth-order valence-corrected chi connectivity index (χ4v) is 5.00. The number of hydrogen-bond acceptors (Lipinski definition) is 4. The number of carbonyl (C=O) groups excluding carboxylic acids is 1. The van der Waals surface area contributed by atoms with Crippen LogP contribution in [-0.4, -0.2) is 42.0 Å². The van der Waals surface area contributed by atoms with E-state index in [1.54, 1.807) is 11.3 Å². The first-order valence-electron chi connectivity index (χ1n) is 10.6. The largest absolute Gasteiger partial charge is 0.302 e. The van der Waals surface area contributed by atoms with Gasteiger partial charge in [-0.1, -0.05) is 57.4 Å². The molecule has 2 aromatic rings. The Morgan fingerprint density at radius 3 is 2.52 bits per heavy atom. The van der Waals surface area contributed by atoms with E-state index in [0.717, 1.165) is 56.1 Å². The number of amides is 1. The van der Waals surface area contributed by atoms with Gasteiger partial charge in [-0.3, -0.25) is 9.69 Å². The smallest absolute Gasteiger partial charge is 0.231 e. The Kier molecular flexibility index (Phi) is 7.25. The average molecular weight is 388 g/mol. The van der Waals surface area contributed by atoms with Crippen molar-refractivity contribution in [1.82, 2.24) is 9.88 Å². The van der Waals surface area contributed by atoms with Gasteiger partial charge in [0.1, 0.15) is 0 Å². The third-order valence-electron chi connectivity index (χ3n) is 5.84.